The summed E-state index contributed by atoms with van der Waals surface area (Å²) < 4.78 is 21.8. The van der Waals surface area contributed by atoms with Gasteiger partial charge in [-0.2, -0.15) is 0 Å². The normalized spacial score (nSPS) is 12.9. The molecule has 0 saturated heterocycles. The summed E-state index contributed by atoms with van der Waals surface area (Å²) in [6.07, 6.45) is 37.4. The first kappa shape index (κ1) is 116. The second-order valence-corrected chi connectivity index (χ2v) is 33.8. The van der Waals surface area contributed by atoms with E-state index in [0.717, 1.165) is 109 Å². The molecule has 0 saturated carbocycles. The summed E-state index contributed by atoms with van der Waals surface area (Å²) in [6, 6.07) is -2.72. The Labute approximate surface area is 737 Å². The van der Waals surface area contributed by atoms with Crippen LogP contribution in [0, 0.1) is 17.8 Å². The van der Waals surface area contributed by atoms with Crippen LogP contribution in [-0.2, 0) is 90.9 Å². The first-order valence-corrected chi connectivity index (χ1v) is 46.7. The summed E-state index contributed by atoms with van der Waals surface area (Å²) in [5.74, 6) is -8.87. The number of carboxylic acid groups (broad SMARTS) is 4. The Morgan fingerprint density at radius 1 is 0.317 bits per heavy atom. The zero-order valence-corrected chi connectivity index (χ0v) is 75.4. The molecule has 0 aromatic carbocycles. The highest BCUT2D eigenvalue weighted by Gasteiger charge is 2.31. The zero-order valence-electron chi connectivity index (χ0n) is 75.4. The van der Waals surface area contributed by atoms with Crippen molar-refractivity contribution in [1.82, 2.24) is 31.9 Å². The molecular formula is C91H169N9O23. The third-order valence-electron chi connectivity index (χ3n) is 21.9. The van der Waals surface area contributed by atoms with Gasteiger partial charge < -0.3 is 88.5 Å². The van der Waals surface area contributed by atoms with Crippen LogP contribution < -0.4 is 49.1 Å². The van der Waals surface area contributed by atoms with Crippen LogP contribution >= 0.6 is 0 Å². The van der Waals surface area contributed by atoms with Crippen molar-refractivity contribution in [3.8, 4) is 0 Å². The highest BCUT2D eigenvalue weighted by molar-refractivity contribution is 5.94. The van der Waals surface area contributed by atoms with Gasteiger partial charge in [0, 0.05) is 113 Å². The summed E-state index contributed by atoms with van der Waals surface area (Å²) in [5.41, 5.74) is 17.3. The Hall–Kier alpha value is -7.23. The van der Waals surface area contributed by atoms with E-state index in [0.29, 0.717) is 116 Å². The third-order valence-corrected chi connectivity index (χ3v) is 21.9. The zero-order chi connectivity index (χ0) is 91.4. The van der Waals surface area contributed by atoms with E-state index in [1.54, 1.807) is 13.8 Å². The van der Waals surface area contributed by atoms with Gasteiger partial charge in [-0.3, -0.25) is 67.1 Å². The smallest absolute Gasteiger partial charge is 0.326 e. The fourth-order valence-corrected chi connectivity index (χ4v) is 14.1. The van der Waals surface area contributed by atoms with Crippen LogP contribution in [0.3, 0.4) is 0 Å². The third kappa shape index (κ3) is 73.7. The van der Waals surface area contributed by atoms with Crippen molar-refractivity contribution in [2.75, 3.05) is 85.6 Å². The van der Waals surface area contributed by atoms with Gasteiger partial charge in [-0.15, -0.1) is 0 Å². The molecule has 0 aliphatic heterocycles. The number of nitrogens with two attached hydrogens (primary N) is 3. The van der Waals surface area contributed by atoms with Gasteiger partial charge in [-0.1, -0.05) is 180 Å². The maximum atomic E-state index is 13.8. The number of ether oxygens (including phenoxy) is 4. The largest absolute Gasteiger partial charge is 0.481 e. The Morgan fingerprint density at radius 2 is 0.675 bits per heavy atom. The van der Waals surface area contributed by atoms with E-state index < -0.39 is 65.3 Å². The van der Waals surface area contributed by atoms with Crippen LogP contribution in [0.5, 0.6) is 0 Å². The highest BCUT2D eigenvalue weighted by atomic mass is 16.5. The Balaban J connectivity index is -0.0000248. The van der Waals surface area contributed by atoms with Crippen LogP contribution in [0.4, 0.5) is 0 Å². The number of hydrogen-bond acceptors (Lipinski definition) is 22. The van der Waals surface area contributed by atoms with Gasteiger partial charge in [0.25, 0.3) is 0 Å². The molecule has 0 radical (unpaired) electrons. The minimum absolute atomic E-state index is 0. The van der Waals surface area contributed by atoms with E-state index in [9.17, 15) is 82.1 Å². The van der Waals surface area contributed by atoms with Gasteiger partial charge in [0.1, 0.15) is 36.6 Å². The molecule has 0 fully saturated rings. The summed E-state index contributed by atoms with van der Waals surface area (Å²) in [7, 11) is 0. The number of hydrogen-bond donors (Lipinski definition) is 13. The van der Waals surface area contributed by atoms with E-state index in [-0.39, 0.29) is 205 Å². The van der Waals surface area contributed by atoms with Gasteiger partial charge in [-0.05, 0) is 117 Å². The molecule has 123 heavy (non-hydrogen) atoms. The monoisotopic (exact) mass is 1760 g/mol. The highest BCUT2D eigenvalue weighted by Crippen LogP contribution is 2.25. The SMILES string of the molecule is CC(=O)[C@H](CCCCNC(=O)[C@@H](N)CCCCCC(=O)COCCOCCNC(=O)CC[C@H](CC(=O)CCCCCCCCCCCCCCCCC(=O)O)C(=O)O)CC(=O)[C@H](CCCCNC(=O)[C@@H](N)CCCCNC(=O)COCCOCCNC(=O)CC[C@H](NC(=O)CCCCCCCCCCCCCCCCC(=O)O)C(=O)O)CC(=O)C(C)(C)N.[HH].[HH].[HH]. The summed E-state index contributed by atoms with van der Waals surface area (Å²) in [6.45, 7) is 6.60. The number of carbonyl (C=O) groups excluding carboxylic acids is 11. The van der Waals surface area contributed by atoms with Gasteiger partial charge in [0.15, 0.2) is 11.6 Å². The second kappa shape index (κ2) is 78.3. The molecule has 0 aromatic heterocycles. The van der Waals surface area contributed by atoms with Crippen molar-refractivity contribution in [3.05, 3.63) is 0 Å². The second-order valence-electron chi connectivity index (χ2n) is 33.8. The lowest BCUT2D eigenvalue weighted by Crippen LogP contribution is -2.43. The van der Waals surface area contributed by atoms with Crippen molar-refractivity contribution in [1.29, 1.82) is 0 Å². The topological polar surface area (TPSA) is 524 Å². The maximum Gasteiger partial charge on any atom is 0.326 e. The molecule has 32 heteroatoms. The maximum absolute atomic E-state index is 13.8. The molecule has 0 aliphatic rings. The number of aliphatic carboxylic acids is 4. The predicted molar refractivity (Wildman–Crippen MR) is 477 cm³/mol. The molecule has 6 amide bonds. The minimum atomic E-state index is -1.21. The first-order valence-electron chi connectivity index (χ1n) is 46.7. The molecule has 0 aromatic rings. The molecule has 32 nitrogen and oxygen atoms in total. The van der Waals surface area contributed by atoms with Crippen molar-refractivity contribution >= 4 is 88.2 Å². The van der Waals surface area contributed by atoms with E-state index in [1.807, 2.05) is 0 Å². The van der Waals surface area contributed by atoms with Crippen LogP contribution in [0.25, 0.3) is 0 Å². The van der Waals surface area contributed by atoms with Gasteiger partial charge in [0.2, 0.25) is 35.4 Å². The number of carbonyl (C=O) groups is 15. The molecule has 6 atom stereocenters. The number of unbranched alkanes of at least 4 members (excludes halogenated alkanes) is 31. The van der Waals surface area contributed by atoms with Crippen molar-refractivity contribution in [2.45, 2.75) is 385 Å². The van der Waals surface area contributed by atoms with Crippen LogP contribution in [0.1, 0.15) is 365 Å². The number of ketones is 5. The molecule has 0 bridgehead atoms. The van der Waals surface area contributed by atoms with E-state index in [4.69, 9.17) is 46.4 Å². The lowest BCUT2D eigenvalue weighted by Gasteiger charge is -2.23. The molecule has 0 spiro atoms. The molecule has 0 heterocycles. The summed E-state index contributed by atoms with van der Waals surface area (Å²) in [5, 5.41) is 53.1. The van der Waals surface area contributed by atoms with Crippen LogP contribution in [0.15, 0.2) is 0 Å². The molecule has 16 N–H and O–H groups in total. The van der Waals surface area contributed by atoms with E-state index in [1.165, 1.54) is 71.1 Å². The standard InChI is InChI=1S/C91H163N9O23.3H2/c1-70(101)71(41-35-38-55-98-87(114)76(92)45-31-28-30-44-75(103)68-122-63-61-120-59-57-96-81(106)52-50-73(89(116)117)65-74(102)43-29-24-20-16-12-8-4-6-10-14-18-22-26-33-48-85(110)111)66-79(104)72(67-80(105)91(2,3)94)42-36-39-56-99-88(115)77(93)46-37-40-54-95-84(109)69-123-64-62-121-60-58-97-82(107)53-51-78(90(118)119)100-83(108)47-32-25-21-17-13-9-5-7-11-15-19-23-27-34-49-86(112)113;;;/h71-73,76-78H,4-69,92-94H2,1-3H3,(H,95,109)(H,96,106)(H,97,107)(H,98,114)(H,99,115)(H,100,108)(H,110,111)(H,112,113)(H,116,117)(H,118,119);3*1H/t71-,72-,73-,76+,77+,78+;;;/m1.../s1. The number of carboxylic acids is 4. The first-order chi connectivity index (χ1) is 58.9. The lowest BCUT2D eigenvalue weighted by molar-refractivity contribution is -0.144. The van der Waals surface area contributed by atoms with Crippen LogP contribution in [0.2, 0.25) is 0 Å². The van der Waals surface area contributed by atoms with Crippen molar-refractivity contribution < 1.29 is 116 Å². The van der Waals surface area contributed by atoms with E-state index in [2.05, 4.69) is 31.9 Å². The fourth-order valence-electron chi connectivity index (χ4n) is 14.1. The quantitative estimate of drug-likeness (QED) is 0.0252. The number of amides is 6. The summed E-state index contributed by atoms with van der Waals surface area (Å²) in [4.78, 5) is 185. The average Bonchev–Trinajstić information content (AvgIpc) is 0.867. The van der Waals surface area contributed by atoms with Gasteiger partial charge in [0.05, 0.1) is 63.2 Å². The number of rotatable bonds is 91. The Morgan fingerprint density at radius 3 is 1.10 bits per heavy atom. The Kier molecular flexibility index (Phi) is 73.7. The van der Waals surface area contributed by atoms with Crippen LogP contribution in [-0.4, -0.2) is 218 Å². The van der Waals surface area contributed by atoms with Crippen molar-refractivity contribution in [2.24, 2.45) is 35.0 Å². The minimum Gasteiger partial charge on any atom is -0.481 e. The molecule has 0 aliphatic carbocycles. The number of Topliss-reactive ketones (excluding diaryl/α,β-unsaturated/α-hetero) is 5. The predicted octanol–water partition coefficient (Wildman–Crippen LogP) is 12.0. The summed E-state index contributed by atoms with van der Waals surface area (Å²) >= 11 is 0. The van der Waals surface area contributed by atoms with E-state index >= 15 is 0 Å². The Bertz CT molecular complexity index is 2960. The average molecular weight is 1760 g/mol. The number of nitrogens with one attached hydrogen (secondary N) is 6. The fraction of sp³-hybridized carbons (Fsp3) is 0.835. The molecule has 0 rings (SSSR count). The molecular weight excluding hydrogens is 1590 g/mol. The van der Waals surface area contributed by atoms with Gasteiger partial charge >= 0.3 is 23.9 Å². The lowest BCUT2D eigenvalue weighted by atomic mass is 9.82. The molecule has 716 valence electrons. The molecule has 0 unspecified atom stereocenters. The van der Waals surface area contributed by atoms with Gasteiger partial charge in [-0.25, -0.2) is 4.79 Å². The van der Waals surface area contributed by atoms with Crippen molar-refractivity contribution in [3.63, 3.8) is 0 Å².